The van der Waals surface area contributed by atoms with E-state index in [1.54, 1.807) is 18.2 Å². The van der Waals surface area contributed by atoms with Crippen molar-refractivity contribution in [2.75, 3.05) is 5.32 Å². The summed E-state index contributed by atoms with van der Waals surface area (Å²) in [6.07, 6.45) is 9.60. The van der Waals surface area contributed by atoms with Gasteiger partial charge in [-0.25, -0.2) is 13.1 Å². The van der Waals surface area contributed by atoms with Gasteiger partial charge in [0, 0.05) is 18.2 Å². The highest BCUT2D eigenvalue weighted by molar-refractivity contribution is 7.89. The number of nitrogens with one attached hydrogen (secondary N) is 2. The van der Waals surface area contributed by atoms with E-state index in [9.17, 15) is 13.2 Å². The van der Waals surface area contributed by atoms with Crippen molar-refractivity contribution in [3.05, 3.63) is 23.8 Å². The smallest absolute Gasteiger partial charge is 0.240 e. The minimum atomic E-state index is -3.51. The Hall–Kier alpha value is -1.40. The Labute approximate surface area is 144 Å². The molecule has 0 atom stereocenters. The van der Waals surface area contributed by atoms with Crippen LogP contribution in [-0.2, 0) is 21.2 Å². The average Bonchev–Trinajstić information content (AvgIpc) is 2.69. The quantitative estimate of drug-likeness (QED) is 0.878. The Bertz CT molecular complexity index is 692. The first-order chi connectivity index (χ1) is 11.5. The molecule has 0 unspecified atom stereocenters. The van der Waals surface area contributed by atoms with Gasteiger partial charge in [0.1, 0.15) is 0 Å². The van der Waals surface area contributed by atoms with Gasteiger partial charge in [0.25, 0.3) is 0 Å². The highest BCUT2D eigenvalue weighted by atomic mass is 32.2. The summed E-state index contributed by atoms with van der Waals surface area (Å²) in [5.41, 5.74) is 1.64. The molecule has 1 aliphatic carbocycles. The van der Waals surface area contributed by atoms with E-state index in [0.29, 0.717) is 11.3 Å². The fourth-order valence-electron chi connectivity index (χ4n) is 3.58. The standard InChI is InChI=1S/C18H26N2O3S/c21-18-10-6-7-14-13-16(11-12-17(14)19-18)24(22,23)20-15-8-4-2-1-3-5-9-15/h11-13,15,20H,1-10H2,(H,19,21). The third-order valence-corrected chi connectivity index (χ3v) is 6.46. The lowest BCUT2D eigenvalue weighted by atomic mass is 9.97. The van der Waals surface area contributed by atoms with Crippen molar-refractivity contribution in [3.8, 4) is 0 Å². The largest absolute Gasteiger partial charge is 0.326 e. The van der Waals surface area contributed by atoms with Crippen molar-refractivity contribution in [1.29, 1.82) is 0 Å². The predicted molar refractivity (Wildman–Crippen MR) is 94.4 cm³/mol. The molecule has 1 fully saturated rings. The second kappa shape index (κ2) is 7.66. The zero-order valence-electron chi connectivity index (χ0n) is 14.0. The lowest BCUT2D eigenvalue weighted by molar-refractivity contribution is -0.116. The van der Waals surface area contributed by atoms with E-state index >= 15 is 0 Å². The van der Waals surface area contributed by atoms with E-state index < -0.39 is 10.0 Å². The van der Waals surface area contributed by atoms with E-state index in [1.165, 1.54) is 19.3 Å². The van der Waals surface area contributed by atoms with Crippen molar-refractivity contribution in [1.82, 2.24) is 4.72 Å². The van der Waals surface area contributed by atoms with Crippen LogP contribution in [0, 0.1) is 0 Å². The Balaban J connectivity index is 1.76. The second-order valence-electron chi connectivity index (χ2n) is 6.88. The van der Waals surface area contributed by atoms with Gasteiger partial charge >= 0.3 is 0 Å². The normalized spacial score (nSPS) is 20.4. The van der Waals surface area contributed by atoms with Crippen molar-refractivity contribution in [3.63, 3.8) is 0 Å². The molecular formula is C18H26N2O3S. The van der Waals surface area contributed by atoms with Crippen molar-refractivity contribution in [2.45, 2.75) is 75.1 Å². The van der Waals surface area contributed by atoms with Crippen LogP contribution in [0.2, 0.25) is 0 Å². The van der Waals surface area contributed by atoms with Gasteiger partial charge in [0.15, 0.2) is 0 Å². The van der Waals surface area contributed by atoms with Crippen molar-refractivity contribution >= 4 is 21.6 Å². The summed E-state index contributed by atoms with van der Waals surface area (Å²) >= 11 is 0. The van der Waals surface area contributed by atoms with Gasteiger partial charge in [-0.15, -0.1) is 0 Å². The molecule has 0 aromatic heterocycles. The maximum absolute atomic E-state index is 12.7. The first-order valence-corrected chi connectivity index (χ1v) is 10.5. The minimum Gasteiger partial charge on any atom is -0.326 e. The molecule has 6 heteroatoms. The number of anilines is 1. The Morgan fingerprint density at radius 1 is 0.958 bits per heavy atom. The molecule has 5 nitrogen and oxygen atoms in total. The molecule has 0 saturated heterocycles. The first kappa shape index (κ1) is 17.4. The summed E-state index contributed by atoms with van der Waals surface area (Å²) in [7, 11) is -3.51. The second-order valence-corrected chi connectivity index (χ2v) is 8.60. The molecule has 0 spiro atoms. The van der Waals surface area contributed by atoms with Crippen molar-refractivity contribution in [2.24, 2.45) is 0 Å². The molecule has 1 aliphatic heterocycles. The Kier molecular flexibility index (Phi) is 5.56. The number of amides is 1. The van der Waals surface area contributed by atoms with Crippen LogP contribution in [0.3, 0.4) is 0 Å². The zero-order valence-corrected chi connectivity index (χ0v) is 14.8. The van der Waals surface area contributed by atoms with Crippen LogP contribution >= 0.6 is 0 Å². The van der Waals surface area contributed by atoms with E-state index in [0.717, 1.165) is 49.8 Å². The molecule has 1 aromatic rings. The van der Waals surface area contributed by atoms with Crippen LogP contribution in [0.25, 0.3) is 0 Å². The van der Waals surface area contributed by atoms with Gasteiger partial charge in [-0.05, 0) is 49.4 Å². The number of aryl methyl sites for hydroxylation is 1. The number of fused-ring (bicyclic) bond motifs is 1. The number of hydrogen-bond donors (Lipinski definition) is 2. The summed E-state index contributed by atoms with van der Waals surface area (Å²) in [5, 5.41) is 2.84. The van der Waals surface area contributed by atoms with Crippen LogP contribution in [0.5, 0.6) is 0 Å². The van der Waals surface area contributed by atoms with Crippen molar-refractivity contribution < 1.29 is 13.2 Å². The summed E-state index contributed by atoms with van der Waals surface area (Å²) in [6, 6.07) is 5.06. The average molecular weight is 350 g/mol. The molecular weight excluding hydrogens is 324 g/mol. The summed E-state index contributed by atoms with van der Waals surface area (Å²) in [5.74, 6) is -0.00278. The van der Waals surface area contributed by atoms with E-state index in [4.69, 9.17) is 0 Å². The lowest BCUT2D eigenvalue weighted by Crippen LogP contribution is -2.35. The first-order valence-electron chi connectivity index (χ1n) is 9.00. The maximum Gasteiger partial charge on any atom is 0.240 e. The molecule has 2 N–H and O–H groups in total. The van der Waals surface area contributed by atoms with E-state index in [2.05, 4.69) is 10.0 Å². The molecule has 0 radical (unpaired) electrons. The number of hydrogen-bond acceptors (Lipinski definition) is 3. The van der Waals surface area contributed by atoms with E-state index in [-0.39, 0.29) is 11.9 Å². The van der Waals surface area contributed by atoms with Crippen LogP contribution in [0.1, 0.15) is 63.4 Å². The number of carbonyl (C=O) groups excluding carboxylic acids is 1. The van der Waals surface area contributed by atoms with Gasteiger partial charge in [-0.3, -0.25) is 4.79 Å². The topological polar surface area (TPSA) is 75.3 Å². The Morgan fingerprint density at radius 3 is 2.42 bits per heavy atom. The predicted octanol–water partition coefficient (Wildman–Crippen LogP) is 3.35. The fraction of sp³-hybridized carbons (Fsp3) is 0.611. The molecule has 1 heterocycles. The van der Waals surface area contributed by atoms with E-state index in [1.807, 2.05) is 0 Å². The van der Waals surface area contributed by atoms with Gasteiger partial charge in [-0.1, -0.05) is 32.1 Å². The summed E-state index contributed by atoms with van der Waals surface area (Å²) < 4.78 is 28.4. The molecule has 0 bridgehead atoms. The zero-order chi connectivity index (χ0) is 17.0. The third-order valence-electron chi connectivity index (χ3n) is 4.94. The molecule has 2 aliphatic rings. The van der Waals surface area contributed by atoms with Gasteiger partial charge < -0.3 is 5.32 Å². The Morgan fingerprint density at radius 2 is 1.67 bits per heavy atom. The van der Waals surface area contributed by atoms with Gasteiger partial charge in [0.2, 0.25) is 15.9 Å². The number of sulfonamides is 1. The number of carbonyl (C=O) groups is 1. The molecule has 1 saturated carbocycles. The summed E-state index contributed by atoms with van der Waals surface area (Å²) in [4.78, 5) is 11.9. The molecule has 132 valence electrons. The molecule has 24 heavy (non-hydrogen) atoms. The summed E-state index contributed by atoms with van der Waals surface area (Å²) in [6.45, 7) is 0. The van der Waals surface area contributed by atoms with Gasteiger partial charge in [-0.2, -0.15) is 0 Å². The molecule has 1 aromatic carbocycles. The van der Waals surface area contributed by atoms with Crippen LogP contribution in [0.4, 0.5) is 5.69 Å². The number of rotatable bonds is 3. The van der Waals surface area contributed by atoms with Crippen LogP contribution in [-0.4, -0.2) is 20.4 Å². The number of benzene rings is 1. The highest BCUT2D eigenvalue weighted by Gasteiger charge is 2.22. The molecule has 3 rings (SSSR count). The van der Waals surface area contributed by atoms with Gasteiger partial charge in [0.05, 0.1) is 4.90 Å². The van der Waals surface area contributed by atoms with Crippen LogP contribution < -0.4 is 10.0 Å². The third kappa shape index (κ3) is 4.36. The minimum absolute atomic E-state index is 0.00278. The monoisotopic (exact) mass is 350 g/mol. The maximum atomic E-state index is 12.7. The van der Waals surface area contributed by atoms with Crippen LogP contribution in [0.15, 0.2) is 23.1 Å². The fourth-order valence-corrected chi connectivity index (χ4v) is 4.93. The lowest BCUT2D eigenvalue weighted by Gasteiger charge is -2.21. The highest BCUT2D eigenvalue weighted by Crippen LogP contribution is 2.26. The molecule has 1 amide bonds. The SMILES string of the molecule is O=C1CCCc2cc(S(=O)(=O)NC3CCCCCCC3)ccc2N1.